The highest BCUT2D eigenvalue weighted by Crippen LogP contribution is 2.44. The Labute approximate surface area is 126 Å². The minimum absolute atomic E-state index is 0.168. The fourth-order valence-corrected chi connectivity index (χ4v) is 3.06. The molecule has 0 bridgehead atoms. The van der Waals surface area contributed by atoms with Crippen molar-refractivity contribution in [1.82, 2.24) is 0 Å². The van der Waals surface area contributed by atoms with Crippen molar-refractivity contribution in [3.05, 3.63) is 75.9 Å². The van der Waals surface area contributed by atoms with E-state index in [1.807, 2.05) is 42.5 Å². The molecule has 0 unspecified atom stereocenters. The molecule has 0 spiro atoms. The van der Waals surface area contributed by atoms with E-state index >= 15 is 0 Å². The molecule has 0 aliphatic heterocycles. The van der Waals surface area contributed by atoms with E-state index in [9.17, 15) is 4.79 Å². The van der Waals surface area contributed by atoms with Gasteiger partial charge in [-0.05, 0) is 48.2 Å². The van der Waals surface area contributed by atoms with Gasteiger partial charge in [0.05, 0.1) is 0 Å². The summed E-state index contributed by atoms with van der Waals surface area (Å²) in [6.07, 6.45) is 2.03. The highest BCUT2D eigenvalue weighted by molar-refractivity contribution is 6.17. The van der Waals surface area contributed by atoms with Gasteiger partial charge in [-0.3, -0.25) is 4.79 Å². The molecule has 0 amide bonds. The average Bonchev–Trinajstić information content (AvgIpc) is 2.63. The number of ketones is 1. The van der Waals surface area contributed by atoms with E-state index in [0.29, 0.717) is 0 Å². The zero-order valence-corrected chi connectivity index (χ0v) is 13.0. The maximum Gasteiger partial charge on any atom is 0.190 e. The maximum absolute atomic E-state index is 12.8. The summed E-state index contributed by atoms with van der Waals surface area (Å²) in [5.74, 6) is 0.168. The lowest BCUT2D eigenvalue weighted by Gasteiger charge is -2.21. The van der Waals surface area contributed by atoms with Crippen molar-refractivity contribution in [1.29, 1.82) is 0 Å². The highest BCUT2D eigenvalue weighted by Gasteiger charge is 2.41. The van der Waals surface area contributed by atoms with Gasteiger partial charge in [-0.15, -0.1) is 0 Å². The SMILES string of the molecule is Cc1cc2c(cc1C)C(C)(C)/C(=C/c1ccccc1)C2=O. The van der Waals surface area contributed by atoms with E-state index in [0.717, 1.165) is 22.3 Å². The Bertz CT molecular complexity index is 749. The van der Waals surface area contributed by atoms with E-state index < -0.39 is 0 Å². The predicted octanol–water partition coefficient (Wildman–Crippen LogP) is 4.86. The van der Waals surface area contributed by atoms with Crippen LogP contribution in [0.15, 0.2) is 48.0 Å². The number of hydrogen-bond acceptors (Lipinski definition) is 1. The summed E-state index contributed by atoms with van der Waals surface area (Å²) in [5.41, 5.74) is 6.17. The number of carbonyl (C=O) groups excluding carboxylic acids is 1. The standard InChI is InChI=1S/C20H20O/c1-13-10-16-17(11-14(13)2)20(3,4)18(19(16)21)12-15-8-6-5-7-9-15/h5-12H,1-4H3/b18-12+. The lowest BCUT2D eigenvalue weighted by molar-refractivity contribution is 0.103. The summed E-state index contributed by atoms with van der Waals surface area (Å²) in [6, 6.07) is 14.3. The van der Waals surface area contributed by atoms with E-state index in [1.54, 1.807) is 0 Å². The average molecular weight is 276 g/mol. The van der Waals surface area contributed by atoms with Crippen molar-refractivity contribution >= 4 is 11.9 Å². The van der Waals surface area contributed by atoms with E-state index in [4.69, 9.17) is 0 Å². The first-order chi connectivity index (χ1) is 9.91. The monoisotopic (exact) mass is 276 g/mol. The predicted molar refractivity (Wildman–Crippen MR) is 87.7 cm³/mol. The maximum atomic E-state index is 12.8. The molecule has 2 aromatic carbocycles. The Morgan fingerprint density at radius 1 is 0.952 bits per heavy atom. The van der Waals surface area contributed by atoms with E-state index in [-0.39, 0.29) is 11.2 Å². The Balaban J connectivity index is 2.19. The van der Waals surface area contributed by atoms with Gasteiger partial charge in [0.2, 0.25) is 0 Å². The van der Waals surface area contributed by atoms with Crippen LogP contribution in [0.4, 0.5) is 0 Å². The zero-order chi connectivity index (χ0) is 15.2. The molecule has 0 saturated heterocycles. The first-order valence-electron chi connectivity index (χ1n) is 7.35. The minimum atomic E-state index is -0.235. The summed E-state index contributed by atoms with van der Waals surface area (Å²) >= 11 is 0. The van der Waals surface area contributed by atoms with Gasteiger partial charge in [-0.25, -0.2) is 0 Å². The number of benzene rings is 2. The summed E-state index contributed by atoms with van der Waals surface area (Å²) in [6.45, 7) is 8.45. The van der Waals surface area contributed by atoms with Crippen LogP contribution in [-0.4, -0.2) is 5.78 Å². The molecule has 0 fully saturated rings. The molecule has 0 radical (unpaired) electrons. The second-order valence-electron chi connectivity index (χ2n) is 6.40. The van der Waals surface area contributed by atoms with Crippen LogP contribution in [-0.2, 0) is 5.41 Å². The van der Waals surface area contributed by atoms with Gasteiger partial charge in [-0.2, -0.15) is 0 Å². The third-order valence-corrected chi connectivity index (χ3v) is 4.58. The van der Waals surface area contributed by atoms with Crippen LogP contribution in [0.2, 0.25) is 0 Å². The molecular weight excluding hydrogens is 256 g/mol. The number of allylic oxidation sites excluding steroid dienone is 1. The van der Waals surface area contributed by atoms with Crippen LogP contribution in [0.25, 0.3) is 6.08 Å². The molecule has 0 aromatic heterocycles. The van der Waals surface area contributed by atoms with Crippen molar-refractivity contribution in [2.24, 2.45) is 0 Å². The van der Waals surface area contributed by atoms with Crippen LogP contribution in [0.3, 0.4) is 0 Å². The number of carbonyl (C=O) groups is 1. The molecule has 21 heavy (non-hydrogen) atoms. The van der Waals surface area contributed by atoms with Crippen LogP contribution in [0.5, 0.6) is 0 Å². The quantitative estimate of drug-likeness (QED) is 0.680. The number of fused-ring (bicyclic) bond motifs is 1. The number of aryl methyl sites for hydroxylation is 2. The van der Waals surface area contributed by atoms with Crippen molar-refractivity contribution in [3.63, 3.8) is 0 Å². The fraction of sp³-hybridized carbons (Fsp3) is 0.250. The molecular formula is C20H20O. The Kier molecular flexibility index (Phi) is 3.09. The lowest BCUT2D eigenvalue weighted by atomic mass is 9.81. The van der Waals surface area contributed by atoms with Gasteiger partial charge < -0.3 is 0 Å². The van der Waals surface area contributed by atoms with Gasteiger partial charge in [0.15, 0.2) is 5.78 Å². The topological polar surface area (TPSA) is 17.1 Å². The normalized spacial score (nSPS) is 18.1. The third kappa shape index (κ3) is 2.13. The zero-order valence-electron chi connectivity index (χ0n) is 13.0. The van der Waals surface area contributed by atoms with Crippen molar-refractivity contribution < 1.29 is 4.79 Å². The molecule has 0 N–H and O–H groups in total. The van der Waals surface area contributed by atoms with Gasteiger partial charge in [0, 0.05) is 16.6 Å². The third-order valence-electron chi connectivity index (χ3n) is 4.58. The Morgan fingerprint density at radius 2 is 1.57 bits per heavy atom. The van der Waals surface area contributed by atoms with Gasteiger partial charge in [0.1, 0.15) is 0 Å². The molecule has 0 atom stereocenters. The molecule has 0 saturated carbocycles. The van der Waals surface area contributed by atoms with Crippen molar-refractivity contribution in [2.75, 3.05) is 0 Å². The van der Waals surface area contributed by atoms with Crippen molar-refractivity contribution in [3.8, 4) is 0 Å². The number of hydrogen-bond donors (Lipinski definition) is 0. The Hall–Kier alpha value is -2.15. The van der Waals surface area contributed by atoms with Crippen LogP contribution in [0.1, 0.15) is 46.5 Å². The molecule has 1 nitrogen and oxygen atoms in total. The Morgan fingerprint density at radius 3 is 2.24 bits per heavy atom. The molecule has 1 heteroatoms. The van der Waals surface area contributed by atoms with Crippen molar-refractivity contribution in [2.45, 2.75) is 33.1 Å². The number of rotatable bonds is 1. The largest absolute Gasteiger partial charge is 0.289 e. The second-order valence-corrected chi connectivity index (χ2v) is 6.40. The number of Topliss-reactive ketones (excluding diaryl/α,β-unsaturated/α-hetero) is 1. The smallest absolute Gasteiger partial charge is 0.190 e. The first kappa shape index (κ1) is 13.8. The van der Waals surface area contributed by atoms with Crippen LogP contribution >= 0.6 is 0 Å². The highest BCUT2D eigenvalue weighted by atomic mass is 16.1. The van der Waals surface area contributed by atoms with Crippen LogP contribution < -0.4 is 0 Å². The molecule has 1 aliphatic rings. The first-order valence-corrected chi connectivity index (χ1v) is 7.35. The van der Waals surface area contributed by atoms with Gasteiger partial charge in [-0.1, -0.05) is 50.2 Å². The molecule has 106 valence electrons. The van der Waals surface area contributed by atoms with Gasteiger partial charge >= 0.3 is 0 Å². The summed E-state index contributed by atoms with van der Waals surface area (Å²) in [7, 11) is 0. The summed E-state index contributed by atoms with van der Waals surface area (Å²) in [4.78, 5) is 12.8. The molecule has 2 aromatic rings. The molecule has 3 rings (SSSR count). The molecule has 1 aliphatic carbocycles. The lowest BCUT2D eigenvalue weighted by Crippen LogP contribution is -2.17. The fourth-order valence-electron chi connectivity index (χ4n) is 3.06. The second kappa shape index (κ2) is 4.70. The van der Waals surface area contributed by atoms with Crippen LogP contribution in [0, 0.1) is 13.8 Å². The minimum Gasteiger partial charge on any atom is -0.289 e. The summed E-state index contributed by atoms with van der Waals surface area (Å²) < 4.78 is 0. The summed E-state index contributed by atoms with van der Waals surface area (Å²) in [5, 5.41) is 0. The van der Waals surface area contributed by atoms with Gasteiger partial charge in [0.25, 0.3) is 0 Å². The van der Waals surface area contributed by atoms with E-state index in [2.05, 4.69) is 33.8 Å². The van der Waals surface area contributed by atoms with E-state index in [1.165, 1.54) is 11.1 Å². The molecule has 0 heterocycles.